The minimum absolute atomic E-state index is 0.0393. The average Bonchev–Trinajstić information content (AvgIpc) is 3.13. The molecule has 11 heteroatoms. The molecule has 0 unspecified atom stereocenters. The van der Waals surface area contributed by atoms with E-state index >= 15 is 0 Å². The fourth-order valence-corrected chi connectivity index (χ4v) is 5.50. The maximum absolute atomic E-state index is 13.4. The largest absolute Gasteiger partial charge is 0.381 e. The van der Waals surface area contributed by atoms with Crippen LogP contribution in [0.25, 0.3) is 0 Å². The van der Waals surface area contributed by atoms with Gasteiger partial charge in [-0.05, 0) is 49.7 Å². The van der Waals surface area contributed by atoms with E-state index in [0.29, 0.717) is 43.5 Å². The Hall–Kier alpha value is -3.21. The van der Waals surface area contributed by atoms with Gasteiger partial charge in [-0.2, -0.15) is 0 Å². The Balaban J connectivity index is 1.34. The van der Waals surface area contributed by atoms with E-state index in [2.05, 4.69) is 38.1 Å². The first-order valence-corrected chi connectivity index (χ1v) is 12.4. The molecule has 9 nitrogen and oxygen atoms in total. The second-order valence-corrected chi connectivity index (χ2v) is 10.0. The molecule has 2 amide bonds. The van der Waals surface area contributed by atoms with Crippen LogP contribution in [0.1, 0.15) is 63.1 Å². The summed E-state index contributed by atoms with van der Waals surface area (Å²) < 4.78 is 31.2. The van der Waals surface area contributed by atoms with Gasteiger partial charge in [0, 0.05) is 31.0 Å². The molecule has 1 saturated carbocycles. The van der Waals surface area contributed by atoms with Crippen molar-refractivity contribution in [3.05, 3.63) is 35.7 Å². The molecule has 0 radical (unpaired) electrons. The summed E-state index contributed by atoms with van der Waals surface area (Å²) in [5, 5.41) is 16.3. The molecule has 36 heavy (non-hydrogen) atoms. The predicted octanol–water partition coefficient (Wildman–Crippen LogP) is 4.06. The summed E-state index contributed by atoms with van der Waals surface area (Å²) in [5.74, 6) is 0.860. The molecule has 2 aromatic rings. The number of halogens is 2. The summed E-state index contributed by atoms with van der Waals surface area (Å²) in [6.45, 7) is 3.22. The number of hydrogen-bond acceptors (Lipinski definition) is 7. The maximum atomic E-state index is 13.4. The molecule has 3 N–H and O–H groups in total. The first kappa shape index (κ1) is 24.5. The van der Waals surface area contributed by atoms with Crippen molar-refractivity contribution >= 4 is 29.1 Å². The van der Waals surface area contributed by atoms with Crippen LogP contribution in [-0.2, 0) is 19.7 Å². The third kappa shape index (κ3) is 4.76. The van der Waals surface area contributed by atoms with Gasteiger partial charge >= 0.3 is 0 Å². The van der Waals surface area contributed by atoms with Gasteiger partial charge in [0.2, 0.25) is 11.8 Å². The zero-order valence-electron chi connectivity index (χ0n) is 20.1. The molecule has 2 aromatic heterocycles. The smallest absolute Gasteiger partial charge is 0.282 e. The van der Waals surface area contributed by atoms with Crippen LogP contribution in [0.3, 0.4) is 0 Å². The van der Waals surface area contributed by atoms with Gasteiger partial charge in [-0.25, -0.2) is 13.8 Å². The molecule has 2 aliphatic heterocycles. The van der Waals surface area contributed by atoms with Gasteiger partial charge in [0.15, 0.2) is 0 Å². The van der Waals surface area contributed by atoms with Gasteiger partial charge in [-0.3, -0.25) is 9.59 Å². The van der Waals surface area contributed by atoms with Crippen LogP contribution >= 0.6 is 0 Å². The minimum Gasteiger partial charge on any atom is -0.381 e. The molecule has 5 rings (SSSR count). The number of carbonyl (C=O) groups excluding carboxylic acids is 2. The Morgan fingerprint density at radius 2 is 1.89 bits per heavy atom. The van der Waals surface area contributed by atoms with Gasteiger partial charge in [-0.1, -0.05) is 19.8 Å². The van der Waals surface area contributed by atoms with Crippen LogP contribution < -0.4 is 16.0 Å². The molecule has 1 atom stereocenters. The number of carbonyl (C=O) groups is 2. The summed E-state index contributed by atoms with van der Waals surface area (Å²) in [7, 11) is 0. The monoisotopic (exact) mass is 500 g/mol. The van der Waals surface area contributed by atoms with Gasteiger partial charge in [0.25, 0.3) is 6.43 Å². The predicted molar refractivity (Wildman–Crippen MR) is 129 cm³/mol. The number of ether oxygens (including phenoxy) is 1. The zero-order chi connectivity index (χ0) is 25.3. The van der Waals surface area contributed by atoms with Gasteiger partial charge < -0.3 is 20.7 Å². The van der Waals surface area contributed by atoms with Gasteiger partial charge in [-0.15, -0.1) is 10.2 Å². The summed E-state index contributed by atoms with van der Waals surface area (Å²) in [4.78, 5) is 30.7. The molecule has 4 heterocycles. The lowest BCUT2D eigenvalue weighted by atomic mass is 9.76. The number of rotatable bonds is 6. The topological polar surface area (TPSA) is 118 Å². The number of aromatic nitrogens is 3. The Labute approximate surface area is 207 Å². The van der Waals surface area contributed by atoms with Crippen molar-refractivity contribution < 1.29 is 23.1 Å². The van der Waals surface area contributed by atoms with Crippen LogP contribution in [0.5, 0.6) is 0 Å². The third-order valence-corrected chi connectivity index (χ3v) is 7.73. The standard InChI is InChI=1S/C25H30F2N6O3/c1-14-2-4-15(5-3-14)21(30-19-7-6-17(22(26)27)32-33-19)23(34)31-20-12-18-16(13-28-20)25(24(35)29-18)8-10-36-11-9-25/h6-7,12-15,21-22H,2-5,8-11H2,1H3,(H,29,35)(H,30,33)(H,28,31,34)/t14-,15-,21-/m0/s1. The maximum Gasteiger partial charge on any atom is 0.282 e. The van der Waals surface area contributed by atoms with Crippen LogP contribution in [-0.4, -0.2) is 46.3 Å². The highest BCUT2D eigenvalue weighted by Gasteiger charge is 2.48. The highest BCUT2D eigenvalue weighted by molar-refractivity contribution is 6.07. The van der Waals surface area contributed by atoms with Crippen LogP contribution in [0, 0.1) is 11.8 Å². The van der Waals surface area contributed by atoms with E-state index in [4.69, 9.17) is 4.74 Å². The number of nitrogens with one attached hydrogen (secondary N) is 3. The first-order chi connectivity index (χ1) is 17.4. The van der Waals surface area contributed by atoms with Crippen molar-refractivity contribution in [2.45, 2.75) is 63.3 Å². The Morgan fingerprint density at radius 3 is 2.56 bits per heavy atom. The number of alkyl halides is 2. The van der Waals surface area contributed by atoms with E-state index < -0.39 is 23.6 Å². The molecule has 1 aliphatic carbocycles. The molecule has 1 saturated heterocycles. The molecule has 1 spiro atoms. The lowest BCUT2D eigenvalue weighted by Gasteiger charge is -2.32. The SMILES string of the molecule is C[C@H]1CC[C@H]([C@H](Nc2ccc(C(F)F)nn2)C(=O)Nc2cc3c(cn2)C2(CCOCC2)C(=O)N3)CC1. The summed E-state index contributed by atoms with van der Waals surface area (Å²) in [6.07, 6.45) is 3.85. The van der Waals surface area contributed by atoms with E-state index in [-0.39, 0.29) is 23.6 Å². The summed E-state index contributed by atoms with van der Waals surface area (Å²) in [5.41, 5.74) is 0.435. The van der Waals surface area contributed by atoms with Crippen molar-refractivity contribution in [3.8, 4) is 0 Å². The molecular weight excluding hydrogens is 470 g/mol. The second kappa shape index (κ2) is 10.0. The highest BCUT2D eigenvalue weighted by atomic mass is 19.3. The Kier molecular flexibility index (Phi) is 6.83. The fourth-order valence-electron chi connectivity index (χ4n) is 5.50. The van der Waals surface area contributed by atoms with Crippen LogP contribution in [0.15, 0.2) is 24.4 Å². The van der Waals surface area contributed by atoms with E-state index in [1.54, 1.807) is 12.3 Å². The minimum atomic E-state index is -2.71. The lowest BCUT2D eigenvalue weighted by molar-refractivity contribution is -0.124. The average molecular weight is 501 g/mol. The number of nitrogens with zero attached hydrogens (tertiary/aromatic N) is 3. The lowest BCUT2D eigenvalue weighted by Crippen LogP contribution is -2.42. The van der Waals surface area contributed by atoms with Crippen molar-refractivity contribution in [1.29, 1.82) is 0 Å². The normalized spacial score (nSPS) is 23.7. The molecule has 0 aromatic carbocycles. The Bertz CT molecular complexity index is 1120. The third-order valence-electron chi connectivity index (χ3n) is 7.73. The van der Waals surface area contributed by atoms with E-state index in [0.717, 1.165) is 31.2 Å². The second-order valence-electron chi connectivity index (χ2n) is 10.0. The van der Waals surface area contributed by atoms with Gasteiger partial charge in [0.1, 0.15) is 23.4 Å². The highest BCUT2D eigenvalue weighted by Crippen LogP contribution is 2.44. The number of hydrogen-bond donors (Lipinski definition) is 3. The molecular formula is C25H30F2N6O3. The van der Waals surface area contributed by atoms with Crippen molar-refractivity contribution in [2.24, 2.45) is 11.8 Å². The molecule has 0 bridgehead atoms. The van der Waals surface area contributed by atoms with Gasteiger partial charge in [0.05, 0.1) is 11.1 Å². The molecule has 2 fully saturated rings. The number of fused-ring (bicyclic) bond motifs is 2. The summed E-state index contributed by atoms with van der Waals surface area (Å²) in [6, 6.07) is 3.66. The van der Waals surface area contributed by atoms with E-state index in [9.17, 15) is 18.4 Å². The number of pyridine rings is 1. The van der Waals surface area contributed by atoms with Crippen molar-refractivity contribution in [3.63, 3.8) is 0 Å². The Morgan fingerprint density at radius 1 is 1.14 bits per heavy atom. The van der Waals surface area contributed by atoms with E-state index in [1.807, 2.05) is 0 Å². The van der Waals surface area contributed by atoms with Crippen molar-refractivity contribution in [2.75, 3.05) is 29.2 Å². The molecule has 192 valence electrons. The zero-order valence-corrected chi connectivity index (χ0v) is 20.1. The quantitative estimate of drug-likeness (QED) is 0.548. The first-order valence-electron chi connectivity index (χ1n) is 12.4. The fraction of sp³-hybridized carbons (Fsp3) is 0.560. The van der Waals surface area contributed by atoms with Crippen LogP contribution in [0.2, 0.25) is 0 Å². The van der Waals surface area contributed by atoms with Crippen LogP contribution in [0.4, 0.5) is 26.1 Å². The summed E-state index contributed by atoms with van der Waals surface area (Å²) >= 11 is 0. The van der Waals surface area contributed by atoms with E-state index in [1.165, 1.54) is 12.1 Å². The number of amides is 2. The number of anilines is 3. The van der Waals surface area contributed by atoms with Crippen molar-refractivity contribution in [1.82, 2.24) is 15.2 Å². The molecule has 3 aliphatic rings.